The summed E-state index contributed by atoms with van der Waals surface area (Å²) in [6, 6.07) is 15.3. The first-order valence-electron chi connectivity index (χ1n) is 9.60. The molecular formula is C22H25N3O2. The van der Waals surface area contributed by atoms with Gasteiger partial charge in [-0.3, -0.25) is 9.59 Å². The molecule has 0 spiro atoms. The van der Waals surface area contributed by atoms with E-state index in [1.165, 1.54) is 11.1 Å². The number of amides is 2. The fourth-order valence-corrected chi connectivity index (χ4v) is 3.99. The highest BCUT2D eigenvalue weighted by molar-refractivity contribution is 5.98. The predicted octanol–water partition coefficient (Wildman–Crippen LogP) is 2.64. The zero-order valence-corrected chi connectivity index (χ0v) is 15.6. The average Bonchev–Trinajstić information content (AvgIpc) is 3.19. The number of anilines is 1. The number of benzene rings is 2. The van der Waals surface area contributed by atoms with E-state index in [1.807, 2.05) is 43.3 Å². The summed E-state index contributed by atoms with van der Waals surface area (Å²) >= 11 is 0. The van der Waals surface area contributed by atoms with Gasteiger partial charge in [0.25, 0.3) is 0 Å². The number of rotatable bonds is 3. The summed E-state index contributed by atoms with van der Waals surface area (Å²) < 4.78 is 0. The highest BCUT2D eigenvalue weighted by Crippen LogP contribution is 2.23. The molecule has 27 heavy (non-hydrogen) atoms. The molecule has 5 heteroatoms. The quantitative estimate of drug-likeness (QED) is 0.881. The number of aryl methyl sites for hydroxylation is 1. The third-order valence-corrected chi connectivity index (χ3v) is 5.54. The summed E-state index contributed by atoms with van der Waals surface area (Å²) in [4.78, 5) is 27.6. The van der Waals surface area contributed by atoms with E-state index in [-0.39, 0.29) is 17.9 Å². The van der Waals surface area contributed by atoms with Crippen LogP contribution in [0.2, 0.25) is 0 Å². The Labute approximate surface area is 159 Å². The van der Waals surface area contributed by atoms with Crippen molar-refractivity contribution in [1.29, 1.82) is 0 Å². The van der Waals surface area contributed by atoms with Crippen LogP contribution in [-0.4, -0.2) is 35.3 Å². The van der Waals surface area contributed by atoms with Gasteiger partial charge in [-0.1, -0.05) is 42.0 Å². The zero-order chi connectivity index (χ0) is 18.8. The van der Waals surface area contributed by atoms with Gasteiger partial charge in [-0.25, -0.2) is 0 Å². The number of fused-ring (bicyclic) bond motifs is 1. The molecule has 5 nitrogen and oxygen atoms in total. The minimum Gasteiger partial charge on any atom is -0.329 e. The van der Waals surface area contributed by atoms with E-state index >= 15 is 0 Å². The highest BCUT2D eigenvalue weighted by atomic mass is 16.2. The Hall–Kier alpha value is -2.66. The van der Waals surface area contributed by atoms with E-state index in [0.717, 1.165) is 17.7 Å². The van der Waals surface area contributed by atoms with Crippen LogP contribution in [0.3, 0.4) is 0 Å². The van der Waals surface area contributed by atoms with Gasteiger partial charge in [0.05, 0.1) is 6.04 Å². The molecule has 4 rings (SSSR count). The number of likely N-dealkylation sites (tertiary alicyclic amines) is 1. The second kappa shape index (κ2) is 7.53. The van der Waals surface area contributed by atoms with Crippen LogP contribution in [0.15, 0.2) is 48.5 Å². The van der Waals surface area contributed by atoms with E-state index in [4.69, 9.17) is 0 Å². The Balaban J connectivity index is 1.44. The molecule has 140 valence electrons. The maximum atomic E-state index is 13.1. The van der Waals surface area contributed by atoms with Gasteiger partial charge in [0.1, 0.15) is 6.04 Å². The lowest BCUT2D eigenvalue weighted by Crippen LogP contribution is -2.53. The van der Waals surface area contributed by atoms with Crippen molar-refractivity contribution in [3.8, 4) is 0 Å². The summed E-state index contributed by atoms with van der Waals surface area (Å²) in [6.45, 7) is 3.35. The fourth-order valence-electron chi connectivity index (χ4n) is 3.99. The lowest BCUT2D eigenvalue weighted by atomic mass is 9.95. The van der Waals surface area contributed by atoms with Crippen molar-refractivity contribution in [2.24, 2.45) is 0 Å². The molecule has 0 aromatic heterocycles. The van der Waals surface area contributed by atoms with Gasteiger partial charge < -0.3 is 15.5 Å². The highest BCUT2D eigenvalue weighted by Gasteiger charge is 2.38. The second-order valence-electron chi connectivity index (χ2n) is 7.45. The van der Waals surface area contributed by atoms with Gasteiger partial charge in [0.2, 0.25) is 11.8 Å². The summed E-state index contributed by atoms with van der Waals surface area (Å²) in [5.74, 6) is -0.0630. The first-order chi connectivity index (χ1) is 13.1. The van der Waals surface area contributed by atoms with Crippen molar-refractivity contribution in [1.82, 2.24) is 10.2 Å². The third-order valence-electron chi connectivity index (χ3n) is 5.54. The van der Waals surface area contributed by atoms with Crippen LogP contribution in [0.4, 0.5) is 5.69 Å². The van der Waals surface area contributed by atoms with Gasteiger partial charge in [-0.2, -0.15) is 0 Å². The summed E-state index contributed by atoms with van der Waals surface area (Å²) in [5.41, 5.74) is 4.38. The molecule has 2 aromatic carbocycles. The minimum atomic E-state index is -0.391. The van der Waals surface area contributed by atoms with Crippen molar-refractivity contribution < 1.29 is 9.59 Å². The maximum Gasteiger partial charge on any atom is 0.247 e. The van der Waals surface area contributed by atoms with Crippen LogP contribution in [0.25, 0.3) is 0 Å². The maximum absolute atomic E-state index is 13.1. The lowest BCUT2D eigenvalue weighted by Gasteiger charge is -2.31. The molecule has 0 unspecified atom stereocenters. The summed E-state index contributed by atoms with van der Waals surface area (Å²) in [7, 11) is 0. The van der Waals surface area contributed by atoms with Crippen LogP contribution >= 0.6 is 0 Å². The zero-order valence-electron chi connectivity index (χ0n) is 15.6. The standard InChI is InChI=1S/C22H25N3O2/c1-15-8-10-18(11-9-15)24-21(26)20-7-4-12-25(20)22(27)19-13-16-5-2-3-6-17(16)14-23-19/h2-3,5-6,8-11,19-20,23H,4,7,12-14H2,1H3,(H,24,26)/t19-,20-/m1/s1. The monoisotopic (exact) mass is 363 g/mol. The molecule has 2 aliphatic heterocycles. The Morgan fingerprint density at radius 3 is 2.59 bits per heavy atom. The summed E-state index contributed by atoms with van der Waals surface area (Å²) in [5, 5.41) is 6.31. The van der Waals surface area contributed by atoms with Crippen molar-refractivity contribution in [2.75, 3.05) is 11.9 Å². The van der Waals surface area contributed by atoms with E-state index < -0.39 is 6.04 Å². The van der Waals surface area contributed by atoms with Crippen molar-refractivity contribution in [3.05, 3.63) is 65.2 Å². The van der Waals surface area contributed by atoms with Crippen LogP contribution in [-0.2, 0) is 22.6 Å². The lowest BCUT2D eigenvalue weighted by molar-refractivity contribution is -0.138. The van der Waals surface area contributed by atoms with Crippen LogP contribution in [0.1, 0.15) is 29.5 Å². The number of nitrogens with zero attached hydrogens (tertiary/aromatic N) is 1. The van der Waals surface area contributed by atoms with E-state index in [1.54, 1.807) is 4.90 Å². The van der Waals surface area contributed by atoms with E-state index in [2.05, 4.69) is 22.8 Å². The van der Waals surface area contributed by atoms with Gasteiger partial charge in [0, 0.05) is 18.8 Å². The van der Waals surface area contributed by atoms with Gasteiger partial charge in [-0.15, -0.1) is 0 Å². The molecule has 1 fully saturated rings. The Morgan fingerprint density at radius 2 is 1.81 bits per heavy atom. The van der Waals surface area contributed by atoms with Crippen LogP contribution in [0, 0.1) is 6.92 Å². The third kappa shape index (κ3) is 3.74. The number of carbonyl (C=O) groups excluding carboxylic acids is 2. The molecule has 2 aliphatic rings. The normalized spacial score (nSPS) is 21.6. The minimum absolute atomic E-state index is 0.0334. The number of nitrogens with one attached hydrogen (secondary N) is 2. The average molecular weight is 363 g/mol. The van der Waals surface area contributed by atoms with Gasteiger partial charge >= 0.3 is 0 Å². The predicted molar refractivity (Wildman–Crippen MR) is 105 cm³/mol. The van der Waals surface area contributed by atoms with E-state index in [0.29, 0.717) is 25.9 Å². The van der Waals surface area contributed by atoms with Crippen LogP contribution in [0.5, 0.6) is 0 Å². The molecule has 0 saturated carbocycles. The fraction of sp³-hybridized carbons (Fsp3) is 0.364. The molecule has 2 aromatic rings. The molecule has 2 atom stereocenters. The van der Waals surface area contributed by atoms with Crippen molar-refractivity contribution in [2.45, 2.75) is 44.8 Å². The molecule has 1 saturated heterocycles. The topological polar surface area (TPSA) is 61.4 Å². The Morgan fingerprint density at radius 1 is 1.07 bits per heavy atom. The second-order valence-corrected chi connectivity index (χ2v) is 7.45. The first kappa shape index (κ1) is 17.7. The molecule has 2 heterocycles. The Kier molecular flexibility index (Phi) is 4.94. The number of hydrogen-bond donors (Lipinski definition) is 2. The molecular weight excluding hydrogens is 338 g/mol. The number of carbonyl (C=O) groups is 2. The van der Waals surface area contributed by atoms with Gasteiger partial charge in [-0.05, 0) is 49.4 Å². The Bertz CT molecular complexity index is 847. The van der Waals surface area contributed by atoms with Crippen LogP contribution < -0.4 is 10.6 Å². The molecule has 2 N–H and O–H groups in total. The largest absolute Gasteiger partial charge is 0.329 e. The van der Waals surface area contributed by atoms with Crippen molar-refractivity contribution in [3.63, 3.8) is 0 Å². The molecule has 2 amide bonds. The van der Waals surface area contributed by atoms with E-state index in [9.17, 15) is 9.59 Å². The summed E-state index contributed by atoms with van der Waals surface area (Å²) in [6.07, 6.45) is 2.26. The SMILES string of the molecule is Cc1ccc(NC(=O)[C@H]2CCCN2C(=O)[C@H]2Cc3ccccc3CN2)cc1. The smallest absolute Gasteiger partial charge is 0.247 e. The van der Waals surface area contributed by atoms with Gasteiger partial charge in [0.15, 0.2) is 0 Å². The molecule has 0 radical (unpaired) electrons. The molecule has 0 bridgehead atoms. The number of hydrogen-bond acceptors (Lipinski definition) is 3. The van der Waals surface area contributed by atoms with Crippen molar-refractivity contribution >= 4 is 17.5 Å². The molecule has 0 aliphatic carbocycles. The first-order valence-corrected chi connectivity index (χ1v) is 9.60.